The number of rotatable bonds is 4. The number of nitrogens with zero attached hydrogens (tertiary/aromatic N) is 1. The molecule has 3 nitrogen and oxygen atoms in total. The molecule has 1 aromatic heterocycles. The van der Waals surface area contributed by atoms with E-state index in [1.807, 2.05) is 26.0 Å². The number of fused-ring (bicyclic) bond motifs is 1. The Hall–Kier alpha value is -1.48. The summed E-state index contributed by atoms with van der Waals surface area (Å²) < 4.78 is 7.36. The molecule has 2 rings (SSSR count). The van der Waals surface area contributed by atoms with Crippen molar-refractivity contribution in [3.8, 4) is 5.75 Å². The minimum Gasteiger partial charge on any atom is -0.497 e. The zero-order chi connectivity index (χ0) is 12.5. The molecule has 0 bridgehead atoms. The number of benzene rings is 1. The van der Waals surface area contributed by atoms with E-state index >= 15 is 0 Å². The van der Waals surface area contributed by atoms with Crippen LogP contribution in [-0.4, -0.2) is 22.4 Å². The van der Waals surface area contributed by atoms with E-state index in [-0.39, 0.29) is 0 Å². The lowest BCUT2D eigenvalue weighted by Gasteiger charge is -2.17. The minimum atomic E-state index is -0.622. The fourth-order valence-corrected chi connectivity index (χ4v) is 1.89. The molecule has 0 saturated heterocycles. The molecule has 0 unspecified atom stereocenters. The minimum absolute atomic E-state index is 0.622. The molecular formula is C14H19NO2. The van der Waals surface area contributed by atoms with E-state index in [9.17, 15) is 5.11 Å². The van der Waals surface area contributed by atoms with Crippen molar-refractivity contribution in [3.63, 3.8) is 0 Å². The number of hydrogen-bond donors (Lipinski definition) is 1. The van der Waals surface area contributed by atoms with Gasteiger partial charge in [0, 0.05) is 23.6 Å². The summed E-state index contributed by atoms with van der Waals surface area (Å²) in [5.41, 5.74) is 0.554. The average molecular weight is 233 g/mol. The first-order valence-electron chi connectivity index (χ1n) is 5.85. The van der Waals surface area contributed by atoms with E-state index in [0.717, 1.165) is 18.7 Å². The van der Waals surface area contributed by atoms with Gasteiger partial charge < -0.3 is 14.4 Å². The first kappa shape index (κ1) is 12.0. The van der Waals surface area contributed by atoms with Gasteiger partial charge in [-0.1, -0.05) is 0 Å². The molecule has 92 valence electrons. The Morgan fingerprint density at radius 3 is 2.71 bits per heavy atom. The molecule has 0 aliphatic rings. The third-order valence-electron chi connectivity index (χ3n) is 2.94. The number of aliphatic hydroxyl groups is 1. The van der Waals surface area contributed by atoms with Crippen molar-refractivity contribution in [3.05, 3.63) is 30.5 Å². The van der Waals surface area contributed by atoms with Gasteiger partial charge in [0.15, 0.2) is 0 Å². The second kappa shape index (κ2) is 4.41. The van der Waals surface area contributed by atoms with Crippen LogP contribution < -0.4 is 4.74 Å². The van der Waals surface area contributed by atoms with Crippen molar-refractivity contribution in [2.45, 2.75) is 32.4 Å². The third-order valence-corrected chi connectivity index (χ3v) is 2.94. The van der Waals surface area contributed by atoms with Gasteiger partial charge in [0.1, 0.15) is 5.75 Å². The lowest BCUT2D eigenvalue weighted by atomic mass is 10.1. The maximum Gasteiger partial charge on any atom is 0.119 e. The molecule has 0 spiro atoms. The van der Waals surface area contributed by atoms with Crippen molar-refractivity contribution in [2.24, 2.45) is 0 Å². The zero-order valence-electron chi connectivity index (χ0n) is 10.6. The van der Waals surface area contributed by atoms with E-state index < -0.39 is 5.60 Å². The Bertz CT molecular complexity index is 508. The maximum atomic E-state index is 9.74. The van der Waals surface area contributed by atoms with Gasteiger partial charge in [-0.2, -0.15) is 0 Å². The summed E-state index contributed by atoms with van der Waals surface area (Å²) in [6.07, 6.45) is 2.79. The largest absolute Gasteiger partial charge is 0.497 e. The quantitative estimate of drug-likeness (QED) is 0.881. The first-order chi connectivity index (χ1) is 7.99. The Morgan fingerprint density at radius 2 is 2.06 bits per heavy atom. The molecule has 0 radical (unpaired) electrons. The normalized spacial score (nSPS) is 12.0. The van der Waals surface area contributed by atoms with Gasteiger partial charge in [-0.3, -0.25) is 0 Å². The number of aromatic nitrogens is 1. The van der Waals surface area contributed by atoms with Gasteiger partial charge in [0.05, 0.1) is 12.7 Å². The molecule has 3 heteroatoms. The predicted molar refractivity (Wildman–Crippen MR) is 69.4 cm³/mol. The van der Waals surface area contributed by atoms with Gasteiger partial charge in [-0.05, 0) is 44.5 Å². The third kappa shape index (κ3) is 2.80. The summed E-state index contributed by atoms with van der Waals surface area (Å²) in [6, 6.07) is 8.11. The molecule has 17 heavy (non-hydrogen) atoms. The van der Waals surface area contributed by atoms with E-state index in [0.29, 0.717) is 0 Å². The SMILES string of the molecule is COc1ccc2c(ccn2CCC(C)(C)O)c1. The van der Waals surface area contributed by atoms with Gasteiger partial charge in [0.2, 0.25) is 0 Å². The number of ether oxygens (including phenoxy) is 1. The second-order valence-electron chi connectivity index (χ2n) is 5.00. The van der Waals surface area contributed by atoms with Crippen LogP contribution in [0.1, 0.15) is 20.3 Å². The smallest absolute Gasteiger partial charge is 0.119 e. The maximum absolute atomic E-state index is 9.74. The summed E-state index contributed by atoms with van der Waals surface area (Å²) in [7, 11) is 1.67. The lowest BCUT2D eigenvalue weighted by molar-refractivity contribution is 0.0666. The summed E-state index contributed by atoms with van der Waals surface area (Å²) in [5, 5.41) is 10.9. The molecule has 0 aliphatic heterocycles. The van der Waals surface area contributed by atoms with E-state index in [1.165, 1.54) is 10.9 Å². The van der Waals surface area contributed by atoms with Crippen molar-refractivity contribution in [2.75, 3.05) is 7.11 Å². The summed E-state index contributed by atoms with van der Waals surface area (Å²) in [6.45, 7) is 4.49. The number of aryl methyl sites for hydroxylation is 1. The number of methoxy groups -OCH3 is 1. The van der Waals surface area contributed by atoms with Crippen LogP contribution in [0, 0.1) is 0 Å². The molecule has 2 aromatic rings. The Kier molecular flexibility index (Phi) is 3.11. The van der Waals surface area contributed by atoms with Crippen LogP contribution in [0.3, 0.4) is 0 Å². The number of hydrogen-bond acceptors (Lipinski definition) is 2. The van der Waals surface area contributed by atoms with Crippen molar-refractivity contribution >= 4 is 10.9 Å². The highest BCUT2D eigenvalue weighted by molar-refractivity contribution is 5.81. The Morgan fingerprint density at radius 1 is 1.29 bits per heavy atom. The molecular weight excluding hydrogens is 214 g/mol. The fraction of sp³-hybridized carbons (Fsp3) is 0.429. The molecule has 0 saturated carbocycles. The molecule has 0 aliphatic carbocycles. The van der Waals surface area contributed by atoms with Crippen LogP contribution >= 0.6 is 0 Å². The lowest BCUT2D eigenvalue weighted by Crippen LogP contribution is -2.20. The van der Waals surface area contributed by atoms with Crippen LogP contribution in [0.15, 0.2) is 30.5 Å². The highest BCUT2D eigenvalue weighted by atomic mass is 16.5. The summed E-state index contributed by atoms with van der Waals surface area (Å²) in [4.78, 5) is 0. The standard InChI is InChI=1S/C14H19NO2/c1-14(2,16)7-9-15-8-6-11-10-12(17-3)4-5-13(11)15/h4-6,8,10,16H,7,9H2,1-3H3. The molecule has 0 amide bonds. The van der Waals surface area contributed by atoms with Crippen LogP contribution in [-0.2, 0) is 6.54 Å². The van der Waals surface area contributed by atoms with E-state index in [2.05, 4.69) is 22.9 Å². The monoisotopic (exact) mass is 233 g/mol. The fourth-order valence-electron chi connectivity index (χ4n) is 1.89. The Labute approximate surface area is 102 Å². The van der Waals surface area contributed by atoms with Crippen LogP contribution in [0.4, 0.5) is 0 Å². The molecule has 0 fully saturated rings. The van der Waals surface area contributed by atoms with Crippen LogP contribution in [0.2, 0.25) is 0 Å². The summed E-state index contributed by atoms with van der Waals surface area (Å²) in [5.74, 6) is 0.873. The van der Waals surface area contributed by atoms with Crippen molar-refractivity contribution in [1.82, 2.24) is 4.57 Å². The van der Waals surface area contributed by atoms with Gasteiger partial charge >= 0.3 is 0 Å². The zero-order valence-corrected chi connectivity index (χ0v) is 10.6. The first-order valence-corrected chi connectivity index (χ1v) is 5.85. The van der Waals surface area contributed by atoms with E-state index in [1.54, 1.807) is 7.11 Å². The van der Waals surface area contributed by atoms with Crippen LogP contribution in [0.5, 0.6) is 5.75 Å². The van der Waals surface area contributed by atoms with Crippen molar-refractivity contribution < 1.29 is 9.84 Å². The Balaban J connectivity index is 2.24. The summed E-state index contributed by atoms with van der Waals surface area (Å²) >= 11 is 0. The van der Waals surface area contributed by atoms with Gasteiger partial charge in [-0.25, -0.2) is 0 Å². The highest BCUT2D eigenvalue weighted by Crippen LogP contribution is 2.22. The predicted octanol–water partition coefficient (Wildman–Crippen LogP) is 2.81. The molecule has 1 heterocycles. The molecule has 1 N–H and O–H groups in total. The molecule has 1 aromatic carbocycles. The topological polar surface area (TPSA) is 34.4 Å². The second-order valence-corrected chi connectivity index (χ2v) is 5.00. The van der Waals surface area contributed by atoms with Crippen LogP contribution in [0.25, 0.3) is 10.9 Å². The molecule has 0 atom stereocenters. The average Bonchev–Trinajstić information content (AvgIpc) is 2.67. The van der Waals surface area contributed by atoms with Gasteiger partial charge in [-0.15, -0.1) is 0 Å². The highest BCUT2D eigenvalue weighted by Gasteiger charge is 2.12. The van der Waals surface area contributed by atoms with Gasteiger partial charge in [0.25, 0.3) is 0 Å². The van der Waals surface area contributed by atoms with Crippen molar-refractivity contribution in [1.29, 1.82) is 0 Å². The van der Waals surface area contributed by atoms with E-state index in [4.69, 9.17) is 4.74 Å².